The number of amides is 1. The molecule has 0 bridgehead atoms. The van der Waals surface area contributed by atoms with Crippen LogP contribution in [0.25, 0.3) is 0 Å². The molecule has 3 aliphatic carbocycles. The van der Waals surface area contributed by atoms with Crippen molar-refractivity contribution in [3.8, 4) is 0 Å². The molecular formula is C42H61N2OP. The Balaban J connectivity index is 1.47. The van der Waals surface area contributed by atoms with Crippen molar-refractivity contribution in [1.29, 1.82) is 0 Å². The van der Waals surface area contributed by atoms with Crippen LogP contribution in [0.5, 0.6) is 0 Å². The lowest BCUT2D eigenvalue weighted by molar-refractivity contribution is 0.0701. The van der Waals surface area contributed by atoms with Gasteiger partial charge in [-0.1, -0.05) is 141 Å². The molecule has 0 saturated heterocycles. The highest BCUT2D eigenvalue weighted by atomic mass is 31.1. The molecule has 0 spiro atoms. The first-order chi connectivity index (χ1) is 22.6. The lowest BCUT2D eigenvalue weighted by Crippen LogP contribution is -2.51. The Hall–Kier alpha value is -1.99. The molecule has 3 nitrogen and oxygen atoms in total. The second-order valence-electron chi connectivity index (χ2n) is 15.3. The number of aliphatic imine (C=N–C) groups is 1. The van der Waals surface area contributed by atoms with Gasteiger partial charge < -0.3 is 0 Å². The van der Waals surface area contributed by atoms with Gasteiger partial charge in [0.25, 0.3) is 5.91 Å². The zero-order chi connectivity index (χ0) is 31.9. The van der Waals surface area contributed by atoms with Crippen LogP contribution in [-0.4, -0.2) is 40.0 Å². The van der Waals surface area contributed by atoms with Crippen molar-refractivity contribution >= 4 is 25.0 Å². The summed E-state index contributed by atoms with van der Waals surface area (Å²) in [5.74, 6) is 2.34. The number of unbranched alkanes of at least 4 members (excludes halogenated alkanes) is 2. The number of nitrogens with zero attached hydrogens (tertiary/aromatic N) is 2. The molecule has 6 rings (SSSR count). The monoisotopic (exact) mass is 640 g/mol. The summed E-state index contributed by atoms with van der Waals surface area (Å²) in [6.45, 7) is 7.01. The molecule has 46 heavy (non-hydrogen) atoms. The summed E-state index contributed by atoms with van der Waals surface area (Å²) in [4.78, 5) is 23.2. The Kier molecular flexibility index (Phi) is 12.1. The number of hydrogen-bond acceptors (Lipinski definition) is 2. The Labute approximate surface area is 282 Å². The fourth-order valence-electron chi connectivity index (χ4n) is 9.62. The molecule has 0 aromatic heterocycles. The average Bonchev–Trinajstić information content (AvgIpc) is 3.50. The lowest BCUT2D eigenvalue weighted by Gasteiger charge is -2.40. The predicted octanol–water partition coefficient (Wildman–Crippen LogP) is 11.2. The van der Waals surface area contributed by atoms with E-state index < -0.39 is 0 Å². The number of hydrogen-bond donors (Lipinski definition) is 0. The van der Waals surface area contributed by atoms with Gasteiger partial charge in [-0.25, -0.2) is 0 Å². The molecule has 3 saturated carbocycles. The van der Waals surface area contributed by atoms with Crippen molar-refractivity contribution in [1.82, 2.24) is 4.90 Å². The summed E-state index contributed by atoms with van der Waals surface area (Å²) in [7, 11) is -0.363. The molecule has 1 amide bonds. The number of carbonyl (C=O) groups excluding carboxylic acids is 1. The first kappa shape index (κ1) is 33.9. The van der Waals surface area contributed by atoms with Crippen LogP contribution >= 0.6 is 7.92 Å². The molecule has 4 atom stereocenters. The van der Waals surface area contributed by atoms with Gasteiger partial charge in [0.2, 0.25) is 0 Å². The van der Waals surface area contributed by atoms with Gasteiger partial charge in [-0.15, -0.1) is 0 Å². The maximum Gasteiger partial charge on any atom is 0.259 e. The SMILES string of the molecule is CCCCCC(C)P(c1ccccc1C1=N[C@H](C2CCCCC2)[C@@H](C2CCCCC2)N1C(=O)c1cccc(C)c1)C1CCCCC1. The summed E-state index contributed by atoms with van der Waals surface area (Å²) >= 11 is 0. The van der Waals surface area contributed by atoms with E-state index in [0.29, 0.717) is 17.5 Å². The lowest BCUT2D eigenvalue weighted by atomic mass is 9.74. The molecule has 4 aliphatic rings. The van der Waals surface area contributed by atoms with E-state index in [9.17, 15) is 0 Å². The number of benzene rings is 2. The third kappa shape index (κ3) is 7.66. The van der Waals surface area contributed by atoms with Crippen molar-refractivity contribution in [2.24, 2.45) is 16.8 Å². The molecule has 1 heterocycles. The van der Waals surface area contributed by atoms with Crippen LogP contribution < -0.4 is 5.30 Å². The maximum atomic E-state index is 15.0. The van der Waals surface area contributed by atoms with Crippen molar-refractivity contribution in [3.63, 3.8) is 0 Å². The standard InChI is InChI=1S/C42H61N2OP/c1-4-5-9-20-32(3)46(36-26-14-8-15-27-36)38-29-17-16-28-37(38)41-43-39(33-21-10-6-11-22-33)40(34-23-12-7-13-24-34)44(41)42(45)35-25-18-19-31(2)30-35/h16-19,25,28-30,32-34,36,39-40H,4-15,20-24,26-27H2,1-3H3/t32?,39-,40-,46?/m1/s1. The minimum absolute atomic E-state index is 0.183. The number of carbonyl (C=O) groups is 1. The van der Waals surface area contributed by atoms with Crippen LogP contribution in [-0.2, 0) is 0 Å². The Bertz CT molecular complexity index is 1300. The summed E-state index contributed by atoms with van der Waals surface area (Å²) in [6, 6.07) is 18.1. The Morgan fingerprint density at radius 1 is 0.826 bits per heavy atom. The fourth-order valence-corrected chi connectivity index (χ4v) is 13.3. The average molecular weight is 641 g/mol. The van der Waals surface area contributed by atoms with E-state index in [4.69, 9.17) is 4.99 Å². The van der Waals surface area contributed by atoms with Crippen LogP contribution in [0.4, 0.5) is 0 Å². The molecule has 250 valence electrons. The third-order valence-corrected chi connectivity index (χ3v) is 15.4. The van der Waals surface area contributed by atoms with Crippen LogP contribution in [0.15, 0.2) is 53.5 Å². The minimum Gasteiger partial charge on any atom is -0.287 e. The first-order valence-electron chi connectivity index (χ1n) is 19.4. The maximum absolute atomic E-state index is 15.0. The highest BCUT2D eigenvalue weighted by molar-refractivity contribution is 7.67. The molecule has 1 aliphatic heterocycles. The molecule has 2 aromatic rings. The predicted molar refractivity (Wildman–Crippen MR) is 198 cm³/mol. The van der Waals surface area contributed by atoms with Gasteiger partial charge in [-0.05, 0) is 92.5 Å². The Morgan fingerprint density at radius 3 is 2.15 bits per heavy atom. The third-order valence-electron chi connectivity index (χ3n) is 12.0. The highest BCUT2D eigenvalue weighted by Gasteiger charge is 2.48. The highest BCUT2D eigenvalue weighted by Crippen LogP contribution is 2.53. The van der Waals surface area contributed by atoms with Crippen molar-refractivity contribution in [2.45, 2.75) is 166 Å². The summed E-state index contributed by atoms with van der Waals surface area (Å²) in [5.41, 5.74) is 4.76. The van der Waals surface area contributed by atoms with E-state index in [1.165, 1.54) is 128 Å². The van der Waals surface area contributed by atoms with Gasteiger partial charge in [-0.3, -0.25) is 14.7 Å². The van der Waals surface area contributed by atoms with Crippen LogP contribution in [0.3, 0.4) is 0 Å². The molecule has 0 N–H and O–H groups in total. The van der Waals surface area contributed by atoms with Crippen molar-refractivity contribution in [2.75, 3.05) is 0 Å². The van der Waals surface area contributed by atoms with E-state index in [-0.39, 0.29) is 25.9 Å². The zero-order valence-corrected chi connectivity index (χ0v) is 30.2. The minimum atomic E-state index is -0.363. The van der Waals surface area contributed by atoms with Gasteiger partial charge in [-0.2, -0.15) is 0 Å². The second-order valence-corrected chi connectivity index (χ2v) is 18.2. The summed E-state index contributed by atoms with van der Waals surface area (Å²) in [6.07, 6.45) is 25.0. The normalized spacial score (nSPS) is 24.9. The fraction of sp³-hybridized carbons (Fsp3) is 0.667. The van der Waals surface area contributed by atoms with E-state index in [1.807, 2.05) is 0 Å². The van der Waals surface area contributed by atoms with Crippen LogP contribution in [0.2, 0.25) is 0 Å². The first-order valence-corrected chi connectivity index (χ1v) is 20.9. The molecule has 2 aromatic carbocycles. The van der Waals surface area contributed by atoms with Gasteiger partial charge in [0.1, 0.15) is 5.84 Å². The van der Waals surface area contributed by atoms with Gasteiger partial charge >= 0.3 is 0 Å². The van der Waals surface area contributed by atoms with Gasteiger partial charge in [0, 0.05) is 11.1 Å². The second kappa shape index (κ2) is 16.4. The molecular weight excluding hydrogens is 579 g/mol. The Morgan fingerprint density at radius 2 is 1.48 bits per heavy atom. The van der Waals surface area contributed by atoms with Gasteiger partial charge in [0.05, 0.1) is 12.1 Å². The summed E-state index contributed by atoms with van der Waals surface area (Å²) < 4.78 is 0. The van der Waals surface area contributed by atoms with E-state index in [0.717, 1.165) is 22.6 Å². The van der Waals surface area contributed by atoms with Crippen molar-refractivity contribution < 1.29 is 4.79 Å². The quantitative estimate of drug-likeness (QED) is 0.178. The molecule has 2 unspecified atom stereocenters. The van der Waals surface area contributed by atoms with Crippen LogP contribution in [0, 0.1) is 18.8 Å². The smallest absolute Gasteiger partial charge is 0.259 e. The van der Waals surface area contributed by atoms with Gasteiger partial charge in [0.15, 0.2) is 0 Å². The van der Waals surface area contributed by atoms with E-state index in [2.05, 4.69) is 74.2 Å². The largest absolute Gasteiger partial charge is 0.287 e. The molecule has 0 radical (unpaired) electrons. The topological polar surface area (TPSA) is 32.7 Å². The van der Waals surface area contributed by atoms with E-state index >= 15 is 4.79 Å². The zero-order valence-electron chi connectivity index (χ0n) is 29.3. The molecule has 4 heteroatoms. The van der Waals surface area contributed by atoms with E-state index in [1.54, 1.807) is 5.30 Å². The summed E-state index contributed by atoms with van der Waals surface area (Å²) in [5, 5.41) is 1.54. The number of rotatable bonds is 11. The number of aryl methyl sites for hydroxylation is 1. The van der Waals surface area contributed by atoms with Crippen LogP contribution in [0.1, 0.15) is 157 Å². The number of amidine groups is 1. The van der Waals surface area contributed by atoms with Crippen molar-refractivity contribution in [3.05, 3.63) is 65.2 Å². The molecule has 3 fully saturated rings.